The summed E-state index contributed by atoms with van der Waals surface area (Å²) in [6.07, 6.45) is 3.24. The molecule has 0 N–H and O–H groups in total. The van der Waals surface area contributed by atoms with Crippen LogP contribution in [0.1, 0.15) is 32.0 Å². The molecule has 1 aliphatic rings. The molecule has 0 saturated carbocycles. The Morgan fingerprint density at radius 3 is 2.59 bits per heavy atom. The summed E-state index contributed by atoms with van der Waals surface area (Å²) in [4.78, 5) is 29.1. The fourth-order valence-electron chi connectivity index (χ4n) is 2.87. The van der Waals surface area contributed by atoms with Crippen molar-refractivity contribution >= 4 is 17.8 Å². The first-order valence-electron chi connectivity index (χ1n) is 8.39. The summed E-state index contributed by atoms with van der Waals surface area (Å²) in [5, 5.41) is 0. The molecule has 0 spiro atoms. The normalized spacial score (nSPS) is 14.0. The molecule has 0 atom stereocenters. The van der Waals surface area contributed by atoms with Crippen LogP contribution in [-0.4, -0.2) is 16.7 Å². The number of hydrogen-bond acceptors (Lipinski definition) is 5. The Morgan fingerprint density at radius 1 is 1.07 bits per heavy atom. The number of benzene rings is 2. The second-order valence-corrected chi connectivity index (χ2v) is 6.06. The number of aryl methyl sites for hydroxylation is 1. The molecule has 0 amide bonds. The number of carbonyl (C=O) groups is 2. The van der Waals surface area contributed by atoms with Crippen LogP contribution in [0.25, 0.3) is 6.08 Å². The molecule has 0 aliphatic carbocycles. The highest BCUT2D eigenvalue weighted by atomic mass is 16.5. The van der Waals surface area contributed by atoms with Crippen LogP contribution in [0.5, 0.6) is 11.5 Å². The van der Waals surface area contributed by atoms with E-state index < -0.39 is 5.97 Å². The molecule has 5 nitrogen and oxygen atoms in total. The van der Waals surface area contributed by atoms with Gasteiger partial charge >= 0.3 is 5.97 Å². The summed E-state index contributed by atoms with van der Waals surface area (Å²) in [5.41, 5.74) is 2.22. The van der Waals surface area contributed by atoms with Crippen molar-refractivity contribution in [3.63, 3.8) is 0 Å². The van der Waals surface area contributed by atoms with Gasteiger partial charge in [-0.3, -0.25) is 9.78 Å². The van der Waals surface area contributed by atoms with Gasteiger partial charge in [0.25, 0.3) is 0 Å². The van der Waals surface area contributed by atoms with Crippen molar-refractivity contribution in [2.45, 2.75) is 6.92 Å². The molecule has 0 bridgehead atoms. The number of Topliss-reactive ketones (excluding diaryl/α,β-unsaturated/α-hetero) is 1. The van der Waals surface area contributed by atoms with Gasteiger partial charge in [-0.1, -0.05) is 24.3 Å². The molecule has 4 rings (SSSR count). The van der Waals surface area contributed by atoms with Crippen molar-refractivity contribution in [2.24, 2.45) is 0 Å². The number of rotatable bonds is 3. The molecule has 27 heavy (non-hydrogen) atoms. The van der Waals surface area contributed by atoms with Gasteiger partial charge in [-0.25, -0.2) is 4.79 Å². The Balaban J connectivity index is 1.62. The van der Waals surface area contributed by atoms with E-state index in [1.807, 2.05) is 12.1 Å². The Hall–Kier alpha value is -3.73. The van der Waals surface area contributed by atoms with Gasteiger partial charge < -0.3 is 9.47 Å². The average molecular weight is 357 g/mol. The highest BCUT2D eigenvalue weighted by molar-refractivity contribution is 6.15. The van der Waals surface area contributed by atoms with E-state index in [2.05, 4.69) is 4.98 Å². The van der Waals surface area contributed by atoms with Crippen molar-refractivity contribution in [1.29, 1.82) is 0 Å². The fraction of sp³-hybridized carbons (Fsp3) is 0.0455. The number of fused-ring (bicyclic) bond motifs is 1. The van der Waals surface area contributed by atoms with Crippen LogP contribution < -0.4 is 9.47 Å². The third-order valence-corrected chi connectivity index (χ3v) is 4.13. The molecule has 1 aromatic heterocycles. The molecule has 1 aliphatic heterocycles. The Morgan fingerprint density at radius 2 is 1.85 bits per heavy atom. The Labute approximate surface area is 155 Å². The Bertz CT molecular complexity index is 1060. The molecule has 0 radical (unpaired) electrons. The van der Waals surface area contributed by atoms with Crippen molar-refractivity contribution < 1.29 is 19.1 Å². The van der Waals surface area contributed by atoms with Crippen molar-refractivity contribution in [3.05, 3.63) is 95.0 Å². The minimum atomic E-state index is -0.469. The van der Waals surface area contributed by atoms with Crippen molar-refractivity contribution in [3.8, 4) is 11.5 Å². The highest BCUT2D eigenvalue weighted by Crippen LogP contribution is 2.37. The van der Waals surface area contributed by atoms with E-state index >= 15 is 0 Å². The second kappa shape index (κ2) is 6.88. The lowest BCUT2D eigenvalue weighted by Crippen LogP contribution is -2.08. The highest BCUT2D eigenvalue weighted by Gasteiger charge is 2.30. The second-order valence-electron chi connectivity index (χ2n) is 6.06. The van der Waals surface area contributed by atoms with Crippen LogP contribution in [0.2, 0.25) is 0 Å². The minimum Gasteiger partial charge on any atom is -0.452 e. The predicted molar refractivity (Wildman–Crippen MR) is 99.8 cm³/mol. The summed E-state index contributed by atoms with van der Waals surface area (Å²) < 4.78 is 11.1. The first kappa shape index (κ1) is 16.7. The number of allylic oxidation sites excluding steroid dienone is 1. The number of ketones is 1. The van der Waals surface area contributed by atoms with Crippen LogP contribution in [0.4, 0.5) is 0 Å². The van der Waals surface area contributed by atoms with Gasteiger partial charge in [-0.15, -0.1) is 0 Å². The molecule has 132 valence electrons. The van der Waals surface area contributed by atoms with Crippen molar-refractivity contribution in [2.75, 3.05) is 0 Å². The number of carbonyl (C=O) groups excluding carboxylic acids is 2. The minimum absolute atomic E-state index is 0.193. The monoisotopic (exact) mass is 357 g/mol. The number of nitrogens with zero attached hydrogens (tertiary/aromatic N) is 1. The number of hydrogen-bond donors (Lipinski definition) is 0. The number of esters is 1. The molecule has 0 unspecified atom stereocenters. The lowest BCUT2D eigenvalue weighted by Gasteiger charge is -2.07. The van der Waals surface area contributed by atoms with Crippen LogP contribution in [-0.2, 0) is 0 Å². The number of aromatic nitrogens is 1. The third kappa shape index (κ3) is 3.35. The molecular weight excluding hydrogens is 342 g/mol. The summed E-state index contributed by atoms with van der Waals surface area (Å²) >= 11 is 0. The molecule has 2 heterocycles. The zero-order valence-electron chi connectivity index (χ0n) is 14.5. The van der Waals surface area contributed by atoms with Gasteiger partial charge in [0.1, 0.15) is 11.5 Å². The number of ether oxygens (including phenoxy) is 2. The average Bonchev–Trinajstić information content (AvgIpc) is 2.99. The van der Waals surface area contributed by atoms with E-state index in [0.29, 0.717) is 33.9 Å². The van der Waals surface area contributed by atoms with E-state index in [9.17, 15) is 9.59 Å². The first-order valence-corrected chi connectivity index (χ1v) is 8.39. The maximum absolute atomic E-state index is 12.6. The largest absolute Gasteiger partial charge is 0.452 e. The van der Waals surface area contributed by atoms with Crippen LogP contribution in [0.3, 0.4) is 0 Å². The maximum Gasteiger partial charge on any atom is 0.343 e. The molecule has 0 fully saturated rings. The lowest BCUT2D eigenvalue weighted by molar-refractivity contribution is 0.0734. The molecule has 5 heteroatoms. The van der Waals surface area contributed by atoms with Crippen LogP contribution >= 0.6 is 0 Å². The summed E-state index contributed by atoms with van der Waals surface area (Å²) in [6.45, 7) is 1.78. The first-order chi connectivity index (χ1) is 13.1. The van der Waals surface area contributed by atoms with Gasteiger partial charge in [0.15, 0.2) is 5.76 Å². The van der Waals surface area contributed by atoms with Crippen molar-refractivity contribution in [1.82, 2.24) is 4.98 Å². The van der Waals surface area contributed by atoms with E-state index in [4.69, 9.17) is 9.47 Å². The van der Waals surface area contributed by atoms with Crippen LogP contribution in [0, 0.1) is 6.92 Å². The van der Waals surface area contributed by atoms with E-state index in [-0.39, 0.29) is 11.5 Å². The standard InChI is InChI=1S/C22H15NO4/c1-14-11-17(26-22(25)15-7-3-2-4-8-15)13-18-20(14)21(24)19(27-18)12-16-9-5-6-10-23-16/h2-13H,1H3/b19-12-. The van der Waals surface area contributed by atoms with Gasteiger partial charge in [-0.05, 0) is 42.8 Å². The van der Waals surface area contributed by atoms with Gasteiger partial charge in [0.2, 0.25) is 5.78 Å². The summed E-state index contributed by atoms with van der Waals surface area (Å²) in [6, 6.07) is 17.3. The van der Waals surface area contributed by atoms with Crippen LogP contribution in [0.15, 0.2) is 72.6 Å². The molecule has 0 saturated heterocycles. The van der Waals surface area contributed by atoms with Gasteiger partial charge in [0.05, 0.1) is 16.8 Å². The SMILES string of the molecule is Cc1cc(OC(=O)c2ccccc2)cc2c1C(=O)/C(=C/c1ccccn1)O2. The fourth-order valence-corrected chi connectivity index (χ4v) is 2.87. The van der Waals surface area contributed by atoms with E-state index in [1.165, 1.54) is 0 Å². The molecule has 2 aromatic carbocycles. The molecule has 3 aromatic rings. The maximum atomic E-state index is 12.6. The topological polar surface area (TPSA) is 65.5 Å². The Kier molecular flexibility index (Phi) is 4.26. The van der Waals surface area contributed by atoms with Gasteiger partial charge in [-0.2, -0.15) is 0 Å². The predicted octanol–water partition coefficient (Wildman–Crippen LogP) is 4.23. The zero-order chi connectivity index (χ0) is 18.8. The smallest absolute Gasteiger partial charge is 0.343 e. The zero-order valence-corrected chi connectivity index (χ0v) is 14.5. The van der Waals surface area contributed by atoms with E-state index in [0.717, 1.165) is 0 Å². The number of pyridine rings is 1. The molecular formula is C22H15NO4. The quantitative estimate of drug-likeness (QED) is 0.399. The summed E-state index contributed by atoms with van der Waals surface area (Å²) in [5.74, 6) is 0.209. The van der Waals surface area contributed by atoms with E-state index in [1.54, 1.807) is 67.7 Å². The third-order valence-electron chi connectivity index (χ3n) is 4.13. The van der Waals surface area contributed by atoms with Gasteiger partial charge in [0, 0.05) is 18.3 Å². The lowest BCUT2D eigenvalue weighted by atomic mass is 10.0. The summed E-state index contributed by atoms with van der Waals surface area (Å²) in [7, 11) is 0.